The minimum Gasteiger partial charge on any atom is -0.359 e. The third-order valence-electron chi connectivity index (χ3n) is 2.70. The van der Waals surface area contributed by atoms with Crippen LogP contribution in [0.5, 0.6) is 0 Å². The van der Waals surface area contributed by atoms with E-state index in [1.807, 2.05) is 0 Å². The highest BCUT2D eigenvalue weighted by Crippen LogP contribution is 2.21. The van der Waals surface area contributed by atoms with Gasteiger partial charge in [-0.25, -0.2) is 8.78 Å². The number of halogens is 2. The Balaban J connectivity index is 2.58. The molecule has 6 heteroatoms. The van der Waals surface area contributed by atoms with Gasteiger partial charge >= 0.3 is 0 Å². The standard InChI is InChI=1S/C14H19F2NO3/c1-3-17(13-7-6-11(15)9-12(13)16)14(18)5-4-8-20-10-19-2/h6-7,9H,3-5,8,10H2,1-2H3. The Morgan fingerprint density at radius 1 is 1.35 bits per heavy atom. The average molecular weight is 287 g/mol. The van der Waals surface area contributed by atoms with Crippen LogP contribution < -0.4 is 4.90 Å². The fourth-order valence-electron chi connectivity index (χ4n) is 1.78. The number of hydrogen-bond donors (Lipinski definition) is 0. The molecule has 0 aliphatic heterocycles. The van der Waals surface area contributed by atoms with E-state index in [0.717, 1.165) is 12.1 Å². The van der Waals surface area contributed by atoms with Crippen LogP contribution in [0.25, 0.3) is 0 Å². The Morgan fingerprint density at radius 2 is 2.10 bits per heavy atom. The highest BCUT2D eigenvalue weighted by atomic mass is 19.1. The Kier molecular flexibility index (Phi) is 7.11. The zero-order chi connectivity index (χ0) is 15.0. The minimum atomic E-state index is -0.740. The summed E-state index contributed by atoms with van der Waals surface area (Å²) in [4.78, 5) is 13.3. The zero-order valence-electron chi connectivity index (χ0n) is 11.7. The van der Waals surface area contributed by atoms with Crippen molar-refractivity contribution in [3.05, 3.63) is 29.8 Å². The largest absolute Gasteiger partial charge is 0.359 e. The Bertz CT molecular complexity index is 440. The molecule has 1 amide bonds. The van der Waals surface area contributed by atoms with Crippen LogP contribution in [0.3, 0.4) is 0 Å². The highest BCUT2D eigenvalue weighted by molar-refractivity contribution is 5.93. The van der Waals surface area contributed by atoms with Gasteiger partial charge in [-0.15, -0.1) is 0 Å². The molecule has 0 aromatic heterocycles. The summed E-state index contributed by atoms with van der Waals surface area (Å²) in [5.41, 5.74) is 0.0942. The van der Waals surface area contributed by atoms with Crippen LogP contribution in [0.2, 0.25) is 0 Å². The van der Waals surface area contributed by atoms with Crippen LogP contribution >= 0.6 is 0 Å². The summed E-state index contributed by atoms with van der Waals surface area (Å²) in [6.45, 7) is 2.63. The Labute approximate surface area is 117 Å². The molecular weight excluding hydrogens is 268 g/mol. The molecule has 0 aliphatic carbocycles. The lowest BCUT2D eigenvalue weighted by molar-refractivity contribution is -0.119. The normalized spacial score (nSPS) is 10.6. The van der Waals surface area contributed by atoms with Crippen molar-refractivity contribution in [2.45, 2.75) is 19.8 Å². The second kappa shape index (κ2) is 8.60. The summed E-state index contributed by atoms with van der Waals surface area (Å²) in [6, 6.07) is 3.18. The summed E-state index contributed by atoms with van der Waals surface area (Å²) in [5, 5.41) is 0. The van der Waals surface area contributed by atoms with Crippen LogP contribution in [0.4, 0.5) is 14.5 Å². The lowest BCUT2D eigenvalue weighted by Crippen LogP contribution is -2.31. The molecule has 0 spiro atoms. The molecule has 0 heterocycles. The quantitative estimate of drug-likeness (QED) is 0.545. The summed E-state index contributed by atoms with van der Waals surface area (Å²) in [6.07, 6.45) is 0.746. The van der Waals surface area contributed by atoms with E-state index in [0.29, 0.717) is 19.6 Å². The first-order chi connectivity index (χ1) is 9.60. The molecular formula is C14H19F2NO3. The van der Waals surface area contributed by atoms with Gasteiger partial charge in [-0.1, -0.05) is 0 Å². The first-order valence-electron chi connectivity index (χ1n) is 6.42. The molecule has 0 bridgehead atoms. The van der Waals surface area contributed by atoms with E-state index < -0.39 is 11.6 Å². The van der Waals surface area contributed by atoms with Gasteiger partial charge in [0.15, 0.2) is 0 Å². The molecule has 0 fully saturated rings. The number of benzene rings is 1. The Hall–Kier alpha value is -1.53. The van der Waals surface area contributed by atoms with E-state index in [1.54, 1.807) is 6.92 Å². The van der Waals surface area contributed by atoms with E-state index in [-0.39, 0.29) is 24.8 Å². The Morgan fingerprint density at radius 3 is 2.70 bits per heavy atom. The van der Waals surface area contributed by atoms with Gasteiger partial charge in [-0.05, 0) is 25.5 Å². The number of ether oxygens (including phenoxy) is 2. The zero-order valence-corrected chi connectivity index (χ0v) is 11.7. The fourth-order valence-corrected chi connectivity index (χ4v) is 1.78. The number of carbonyl (C=O) groups is 1. The van der Waals surface area contributed by atoms with E-state index in [9.17, 15) is 13.6 Å². The van der Waals surface area contributed by atoms with E-state index in [4.69, 9.17) is 9.47 Å². The molecule has 1 rings (SSSR count). The van der Waals surface area contributed by atoms with Gasteiger partial charge in [0.2, 0.25) is 5.91 Å². The molecule has 0 radical (unpaired) electrons. The predicted molar refractivity (Wildman–Crippen MR) is 71.4 cm³/mol. The molecule has 4 nitrogen and oxygen atoms in total. The fraction of sp³-hybridized carbons (Fsp3) is 0.500. The topological polar surface area (TPSA) is 38.8 Å². The molecule has 20 heavy (non-hydrogen) atoms. The van der Waals surface area contributed by atoms with E-state index in [2.05, 4.69) is 0 Å². The van der Waals surface area contributed by atoms with Crippen LogP contribution in [-0.2, 0) is 14.3 Å². The maximum absolute atomic E-state index is 13.7. The van der Waals surface area contributed by atoms with Gasteiger partial charge in [0.1, 0.15) is 18.4 Å². The molecule has 0 unspecified atom stereocenters. The van der Waals surface area contributed by atoms with Crippen molar-refractivity contribution in [3.63, 3.8) is 0 Å². The van der Waals surface area contributed by atoms with E-state index in [1.165, 1.54) is 18.1 Å². The van der Waals surface area contributed by atoms with Crippen molar-refractivity contribution in [2.24, 2.45) is 0 Å². The smallest absolute Gasteiger partial charge is 0.227 e. The second-order valence-electron chi connectivity index (χ2n) is 4.15. The van der Waals surface area contributed by atoms with Crippen LogP contribution in [0, 0.1) is 11.6 Å². The molecule has 1 aromatic rings. The van der Waals surface area contributed by atoms with Crippen molar-refractivity contribution in [2.75, 3.05) is 32.0 Å². The van der Waals surface area contributed by atoms with Crippen molar-refractivity contribution in [3.8, 4) is 0 Å². The number of carbonyl (C=O) groups excluding carboxylic acids is 1. The highest BCUT2D eigenvalue weighted by Gasteiger charge is 2.17. The number of rotatable bonds is 8. The number of hydrogen-bond acceptors (Lipinski definition) is 3. The lowest BCUT2D eigenvalue weighted by atomic mass is 10.2. The van der Waals surface area contributed by atoms with Crippen molar-refractivity contribution in [1.82, 2.24) is 0 Å². The minimum absolute atomic E-state index is 0.0942. The molecule has 0 aliphatic rings. The monoisotopic (exact) mass is 287 g/mol. The van der Waals surface area contributed by atoms with Crippen molar-refractivity contribution < 1.29 is 23.0 Å². The first kappa shape index (κ1) is 16.5. The average Bonchev–Trinajstić information content (AvgIpc) is 2.41. The third-order valence-corrected chi connectivity index (χ3v) is 2.70. The maximum Gasteiger partial charge on any atom is 0.227 e. The summed E-state index contributed by atoms with van der Waals surface area (Å²) in [7, 11) is 1.52. The van der Waals surface area contributed by atoms with Gasteiger partial charge in [0, 0.05) is 32.7 Å². The van der Waals surface area contributed by atoms with Crippen LogP contribution in [0.1, 0.15) is 19.8 Å². The van der Waals surface area contributed by atoms with Crippen LogP contribution in [0.15, 0.2) is 18.2 Å². The van der Waals surface area contributed by atoms with Gasteiger partial charge in [-0.3, -0.25) is 4.79 Å². The summed E-state index contributed by atoms with van der Waals surface area (Å²) in [5.74, 6) is -1.63. The first-order valence-corrected chi connectivity index (χ1v) is 6.42. The SMILES string of the molecule is CCN(C(=O)CCCOCOC)c1ccc(F)cc1F. The van der Waals surface area contributed by atoms with Crippen molar-refractivity contribution in [1.29, 1.82) is 0 Å². The van der Waals surface area contributed by atoms with E-state index >= 15 is 0 Å². The van der Waals surface area contributed by atoms with Gasteiger partial charge in [0.25, 0.3) is 0 Å². The molecule has 0 saturated carbocycles. The second-order valence-corrected chi connectivity index (χ2v) is 4.15. The number of methoxy groups -OCH3 is 1. The third kappa shape index (κ3) is 4.86. The molecule has 1 aromatic carbocycles. The predicted octanol–water partition coefficient (Wildman–Crippen LogP) is 2.72. The van der Waals surface area contributed by atoms with Gasteiger partial charge in [0.05, 0.1) is 5.69 Å². The van der Waals surface area contributed by atoms with Gasteiger partial charge < -0.3 is 14.4 Å². The van der Waals surface area contributed by atoms with Crippen molar-refractivity contribution >= 4 is 11.6 Å². The molecule has 112 valence electrons. The molecule has 0 atom stereocenters. The number of anilines is 1. The molecule has 0 saturated heterocycles. The maximum atomic E-state index is 13.7. The van der Waals surface area contributed by atoms with Crippen LogP contribution in [-0.4, -0.2) is 33.0 Å². The summed E-state index contributed by atoms with van der Waals surface area (Å²) < 4.78 is 36.3. The number of amides is 1. The summed E-state index contributed by atoms with van der Waals surface area (Å²) >= 11 is 0. The van der Waals surface area contributed by atoms with Gasteiger partial charge in [-0.2, -0.15) is 0 Å². The molecule has 0 N–H and O–H groups in total. The number of nitrogens with zero attached hydrogens (tertiary/aromatic N) is 1. The lowest BCUT2D eigenvalue weighted by Gasteiger charge is -2.21.